The zero-order valence-corrected chi connectivity index (χ0v) is 11.5. The molecule has 1 N–H and O–H groups in total. The molecule has 0 atom stereocenters. The maximum Gasteiger partial charge on any atom is 0.257 e. The van der Waals surface area contributed by atoms with Crippen molar-refractivity contribution in [2.75, 3.05) is 5.32 Å². The van der Waals surface area contributed by atoms with Gasteiger partial charge in [0.1, 0.15) is 5.82 Å². The van der Waals surface area contributed by atoms with Gasteiger partial charge in [-0.1, -0.05) is 23.2 Å². The van der Waals surface area contributed by atoms with E-state index in [0.29, 0.717) is 11.3 Å². The summed E-state index contributed by atoms with van der Waals surface area (Å²) in [5, 5.41) is 11.5. The molecule has 0 radical (unpaired) electrons. The summed E-state index contributed by atoms with van der Waals surface area (Å²) in [7, 11) is 0. The van der Waals surface area contributed by atoms with Crippen molar-refractivity contribution < 1.29 is 9.18 Å². The summed E-state index contributed by atoms with van der Waals surface area (Å²) in [5.74, 6) is -1.04. The minimum atomic E-state index is -0.525. The van der Waals surface area contributed by atoms with Crippen molar-refractivity contribution in [1.29, 1.82) is 5.26 Å². The standard InChI is InChI=1S/C14H7Cl2FN2O/c15-11-6-9(17)2-3-10(11)14(20)19-13-4-1-8(7-18)5-12(13)16/h1-6H,(H,19,20). The van der Waals surface area contributed by atoms with Crippen LogP contribution in [-0.4, -0.2) is 5.91 Å². The lowest BCUT2D eigenvalue weighted by molar-refractivity contribution is 0.102. The lowest BCUT2D eigenvalue weighted by Crippen LogP contribution is -2.13. The average Bonchev–Trinajstić information content (AvgIpc) is 2.40. The summed E-state index contributed by atoms with van der Waals surface area (Å²) < 4.78 is 12.9. The van der Waals surface area contributed by atoms with Crippen molar-refractivity contribution in [3.05, 3.63) is 63.4 Å². The van der Waals surface area contributed by atoms with Gasteiger partial charge in [0.25, 0.3) is 5.91 Å². The molecule has 0 unspecified atom stereocenters. The number of nitrogens with one attached hydrogen (secondary N) is 1. The Balaban J connectivity index is 2.26. The summed E-state index contributed by atoms with van der Waals surface area (Å²) in [4.78, 5) is 12.0. The van der Waals surface area contributed by atoms with E-state index in [9.17, 15) is 9.18 Å². The monoisotopic (exact) mass is 308 g/mol. The molecule has 0 spiro atoms. The number of nitriles is 1. The van der Waals surface area contributed by atoms with Crippen LogP contribution in [0, 0.1) is 17.1 Å². The smallest absolute Gasteiger partial charge is 0.257 e. The van der Waals surface area contributed by atoms with Crippen LogP contribution in [0.4, 0.5) is 10.1 Å². The Morgan fingerprint density at radius 3 is 2.50 bits per heavy atom. The SMILES string of the molecule is N#Cc1ccc(NC(=O)c2ccc(F)cc2Cl)c(Cl)c1. The lowest BCUT2D eigenvalue weighted by atomic mass is 10.2. The molecule has 0 heterocycles. The fraction of sp³-hybridized carbons (Fsp3) is 0. The largest absolute Gasteiger partial charge is 0.321 e. The lowest BCUT2D eigenvalue weighted by Gasteiger charge is -2.08. The van der Waals surface area contributed by atoms with Crippen LogP contribution < -0.4 is 5.32 Å². The highest BCUT2D eigenvalue weighted by Crippen LogP contribution is 2.25. The molecule has 2 aromatic rings. The zero-order chi connectivity index (χ0) is 14.7. The van der Waals surface area contributed by atoms with Crippen molar-refractivity contribution in [1.82, 2.24) is 0 Å². The third-order valence-corrected chi connectivity index (χ3v) is 3.15. The highest BCUT2D eigenvalue weighted by molar-refractivity contribution is 6.36. The van der Waals surface area contributed by atoms with Crippen molar-refractivity contribution in [3.8, 4) is 6.07 Å². The van der Waals surface area contributed by atoms with Crippen LogP contribution in [0.5, 0.6) is 0 Å². The van der Waals surface area contributed by atoms with E-state index in [4.69, 9.17) is 28.5 Å². The number of carbonyl (C=O) groups is 1. The molecule has 0 bridgehead atoms. The Labute approximate surface area is 124 Å². The number of carbonyl (C=O) groups excluding carboxylic acids is 1. The van der Waals surface area contributed by atoms with E-state index in [1.165, 1.54) is 24.3 Å². The number of hydrogen-bond donors (Lipinski definition) is 1. The molecule has 0 aliphatic carbocycles. The second kappa shape index (κ2) is 5.91. The Morgan fingerprint density at radius 1 is 1.15 bits per heavy atom. The van der Waals surface area contributed by atoms with Gasteiger partial charge in [-0.25, -0.2) is 4.39 Å². The Morgan fingerprint density at radius 2 is 1.90 bits per heavy atom. The minimum absolute atomic E-state index is 0.00673. The number of anilines is 1. The summed E-state index contributed by atoms with van der Waals surface area (Å²) >= 11 is 11.7. The molecule has 2 rings (SSSR count). The van der Waals surface area contributed by atoms with Gasteiger partial charge in [-0.15, -0.1) is 0 Å². The predicted octanol–water partition coefficient (Wildman–Crippen LogP) is 4.26. The van der Waals surface area contributed by atoms with Crippen molar-refractivity contribution in [2.24, 2.45) is 0 Å². The van der Waals surface area contributed by atoms with Crippen LogP contribution in [0.3, 0.4) is 0 Å². The molecule has 2 aromatic carbocycles. The van der Waals surface area contributed by atoms with Crippen LogP contribution in [0.1, 0.15) is 15.9 Å². The molecular weight excluding hydrogens is 302 g/mol. The molecule has 0 saturated heterocycles. The van der Waals surface area contributed by atoms with Gasteiger partial charge in [-0.05, 0) is 36.4 Å². The first kappa shape index (κ1) is 14.3. The van der Waals surface area contributed by atoms with E-state index in [1.807, 2.05) is 6.07 Å². The van der Waals surface area contributed by atoms with E-state index in [0.717, 1.165) is 12.1 Å². The summed E-state index contributed by atoms with van der Waals surface area (Å²) in [5.41, 5.74) is 0.859. The Hall–Kier alpha value is -2.09. The van der Waals surface area contributed by atoms with Crippen molar-refractivity contribution in [2.45, 2.75) is 0 Å². The van der Waals surface area contributed by atoms with Gasteiger partial charge in [0, 0.05) is 0 Å². The molecule has 0 aromatic heterocycles. The summed E-state index contributed by atoms with van der Waals surface area (Å²) in [6.45, 7) is 0. The predicted molar refractivity (Wildman–Crippen MR) is 75.5 cm³/mol. The molecule has 3 nitrogen and oxygen atoms in total. The summed E-state index contributed by atoms with van der Waals surface area (Å²) in [6.07, 6.45) is 0. The van der Waals surface area contributed by atoms with E-state index in [2.05, 4.69) is 5.32 Å². The van der Waals surface area contributed by atoms with Crippen LogP contribution in [0.2, 0.25) is 10.0 Å². The van der Waals surface area contributed by atoms with Crippen molar-refractivity contribution >= 4 is 34.8 Å². The fourth-order valence-electron chi connectivity index (χ4n) is 1.55. The fourth-order valence-corrected chi connectivity index (χ4v) is 2.03. The topological polar surface area (TPSA) is 52.9 Å². The Kier molecular flexibility index (Phi) is 4.23. The first-order valence-corrected chi connectivity index (χ1v) is 6.23. The van der Waals surface area contributed by atoms with Gasteiger partial charge in [0.15, 0.2) is 0 Å². The third-order valence-electron chi connectivity index (χ3n) is 2.52. The number of nitrogens with zero attached hydrogens (tertiary/aromatic N) is 1. The number of rotatable bonds is 2. The van der Waals surface area contributed by atoms with E-state index in [-0.39, 0.29) is 15.6 Å². The normalized spacial score (nSPS) is 9.90. The maximum atomic E-state index is 12.9. The number of benzene rings is 2. The molecule has 20 heavy (non-hydrogen) atoms. The molecule has 0 aliphatic rings. The van der Waals surface area contributed by atoms with Crippen LogP contribution in [-0.2, 0) is 0 Å². The van der Waals surface area contributed by atoms with Gasteiger partial charge in [0.2, 0.25) is 0 Å². The quantitative estimate of drug-likeness (QED) is 0.901. The first-order valence-electron chi connectivity index (χ1n) is 5.47. The maximum absolute atomic E-state index is 12.9. The van der Waals surface area contributed by atoms with E-state index < -0.39 is 11.7 Å². The van der Waals surface area contributed by atoms with Gasteiger partial charge in [-0.2, -0.15) is 5.26 Å². The summed E-state index contributed by atoms with van der Waals surface area (Å²) in [6, 6.07) is 9.88. The zero-order valence-electron chi connectivity index (χ0n) is 9.95. The Bertz CT molecular complexity index is 726. The molecule has 100 valence electrons. The average molecular weight is 309 g/mol. The van der Waals surface area contributed by atoms with Crippen LogP contribution in [0.25, 0.3) is 0 Å². The van der Waals surface area contributed by atoms with Crippen LogP contribution in [0.15, 0.2) is 36.4 Å². The molecule has 6 heteroatoms. The van der Waals surface area contributed by atoms with E-state index >= 15 is 0 Å². The molecule has 1 amide bonds. The minimum Gasteiger partial charge on any atom is -0.321 e. The number of halogens is 3. The molecule has 0 fully saturated rings. The second-order valence-corrected chi connectivity index (χ2v) is 4.70. The molecule has 0 saturated carbocycles. The van der Waals surface area contributed by atoms with Crippen molar-refractivity contribution in [3.63, 3.8) is 0 Å². The van der Waals surface area contributed by atoms with Gasteiger partial charge in [0.05, 0.1) is 32.9 Å². The van der Waals surface area contributed by atoms with Gasteiger partial charge in [-0.3, -0.25) is 4.79 Å². The number of hydrogen-bond acceptors (Lipinski definition) is 2. The second-order valence-electron chi connectivity index (χ2n) is 3.88. The molecule has 0 aliphatic heterocycles. The van der Waals surface area contributed by atoms with Gasteiger partial charge >= 0.3 is 0 Å². The van der Waals surface area contributed by atoms with E-state index in [1.54, 1.807) is 0 Å². The van der Waals surface area contributed by atoms with Crippen LogP contribution >= 0.6 is 23.2 Å². The highest BCUT2D eigenvalue weighted by Gasteiger charge is 2.13. The first-order chi connectivity index (χ1) is 9.51. The number of amides is 1. The highest BCUT2D eigenvalue weighted by atomic mass is 35.5. The molecular formula is C14H7Cl2FN2O. The van der Waals surface area contributed by atoms with Gasteiger partial charge < -0.3 is 5.32 Å². The third kappa shape index (κ3) is 3.08.